The van der Waals surface area contributed by atoms with E-state index in [1.807, 2.05) is 12.1 Å². The van der Waals surface area contributed by atoms with Crippen LogP contribution < -0.4 is 9.64 Å². The molecule has 6 heteroatoms. The lowest BCUT2D eigenvalue weighted by Gasteiger charge is -2.52. The van der Waals surface area contributed by atoms with Crippen molar-refractivity contribution < 1.29 is 19.4 Å². The Kier molecular flexibility index (Phi) is 5.70. The quantitative estimate of drug-likeness (QED) is 0.574. The van der Waals surface area contributed by atoms with Gasteiger partial charge in [-0.15, -0.1) is 0 Å². The predicted octanol–water partition coefficient (Wildman–Crippen LogP) is 3.10. The van der Waals surface area contributed by atoms with Crippen LogP contribution in [0.15, 0.2) is 35.9 Å². The number of nitrogens with zero attached hydrogens (tertiary/aromatic N) is 2. The van der Waals surface area contributed by atoms with Gasteiger partial charge in [0.1, 0.15) is 11.9 Å². The van der Waals surface area contributed by atoms with Gasteiger partial charge in [0.2, 0.25) is 0 Å². The summed E-state index contributed by atoms with van der Waals surface area (Å²) in [5.74, 6) is 0.821. The number of fused-ring (bicyclic) bond motifs is 2. The van der Waals surface area contributed by atoms with Gasteiger partial charge >= 0.3 is 5.97 Å². The second kappa shape index (κ2) is 8.38. The van der Waals surface area contributed by atoms with Crippen LogP contribution in [-0.4, -0.2) is 68.0 Å². The minimum atomic E-state index is -0.528. The fourth-order valence-corrected chi connectivity index (χ4v) is 6.53. The van der Waals surface area contributed by atoms with Crippen molar-refractivity contribution in [3.8, 4) is 5.75 Å². The number of carbonyl (C=O) groups is 1. The average Bonchev–Trinajstić information content (AvgIpc) is 3.11. The maximum absolute atomic E-state index is 12.9. The number of rotatable bonds is 4. The normalized spacial score (nSPS) is 37.4. The molecule has 5 rings (SSSR count). The first-order valence-corrected chi connectivity index (χ1v) is 12.1. The van der Waals surface area contributed by atoms with Crippen LogP contribution in [0.2, 0.25) is 0 Å². The largest absolute Gasteiger partial charge is 0.497 e. The van der Waals surface area contributed by atoms with E-state index in [4.69, 9.17) is 9.47 Å². The number of hydrogen-bond donors (Lipinski definition) is 1. The van der Waals surface area contributed by atoms with Crippen molar-refractivity contribution in [3.63, 3.8) is 0 Å². The number of anilines is 1. The number of methoxy groups -OCH3 is 1. The molecule has 1 aromatic carbocycles. The van der Waals surface area contributed by atoms with Crippen LogP contribution in [0.3, 0.4) is 0 Å². The molecular weight excluding hydrogens is 404 g/mol. The van der Waals surface area contributed by atoms with Gasteiger partial charge in [0.25, 0.3) is 0 Å². The first-order chi connectivity index (χ1) is 15.4. The number of hydrogen-bond acceptors (Lipinski definition) is 6. The molecule has 32 heavy (non-hydrogen) atoms. The number of allylic oxidation sites excluding steroid dienone is 1. The minimum Gasteiger partial charge on any atom is -0.497 e. The number of aliphatic hydroxyl groups is 1. The number of aliphatic hydroxyl groups excluding tert-OH is 1. The molecule has 0 unspecified atom stereocenters. The van der Waals surface area contributed by atoms with Crippen molar-refractivity contribution in [1.29, 1.82) is 0 Å². The van der Waals surface area contributed by atoms with E-state index in [0.29, 0.717) is 12.5 Å². The first-order valence-electron chi connectivity index (χ1n) is 12.1. The summed E-state index contributed by atoms with van der Waals surface area (Å²) in [5, 5.41) is 11.5. The Morgan fingerprint density at radius 1 is 1.19 bits per heavy atom. The molecule has 0 radical (unpaired) electrons. The van der Waals surface area contributed by atoms with Crippen molar-refractivity contribution in [2.24, 2.45) is 23.2 Å². The summed E-state index contributed by atoms with van der Waals surface area (Å²) in [4.78, 5) is 17.6. The highest BCUT2D eigenvalue weighted by molar-refractivity contribution is 5.76. The predicted molar refractivity (Wildman–Crippen MR) is 124 cm³/mol. The number of benzene rings is 1. The van der Waals surface area contributed by atoms with Crippen LogP contribution in [0.1, 0.15) is 33.1 Å². The molecule has 0 bridgehead atoms. The fraction of sp³-hybridized carbons (Fsp3) is 0.654. The van der Waals surface area contributed by atoms with Gasteiger partial charge in [0.05, 0.1) is 19.1 Å². The second-order valence-electron chi connectivity index (χ2n) is 10.3. The van der Waals surface area contributed by atoms with Gasteiger partial charge in [-0.3, -0.25) is 9.69 Å². The Morgan fingerprint density at radius 3 is 2.59 bits per heavy atom. The van der Waals surface area contributed by atoms with Crippen molar-refractivity contribution >= 4 is 11.7 Å². The minimum absolute atomic E-state index is 0.107. The van der Waals surface area contributed by atoms with Crippen molar-refractivity contribution in [2.45, 2.75) is 45.3 Å². The SMILES string of the molecule is COc1ccc(N2CCN(C[C@H]3C(=O)O[C@@H]4CC5=CCC[C@@H](C)[C@@]5(C)[C@H](O)[C@H]43)CC2)cc1. The molecule has 2 aliphatic carbocycles. The van der Waals surface area contributed by atoms with Crippen LogP contribution in [-0.2, 0) is 9.53 Å². The molecule has 2 aliphatic heterocycles. The fourth-order valence-electron chi connectivity index (χ4n) is 6.53. The monoisotopic (exact) mass is 440 g/mol. The molecule has 2 heterocycles. The number of carbonyl (C=O) groups excluding carboxylic acids is 1. The summed E-state index contributed by atoms with van der Waals surface area (Å²) in [7, 11) is 1.68. The number of esters is 1. The zero-order valence-corrected chi connectivity index (χ0v) is 19.5. The lowest BCUT2D eigenvalue weighted by atomic mass is 9.55. The highest BCUT2D eigenvalue weighted by Gasteiger charge is 2.59. The molecule has 0 spiro atoms. The lowest BCUT2D eigenvalue weighted by molar-refractivity contribution is -0.145. The van der Waals surface area contributed by atoms with Gasteiger partial charge in [-0.05, 0) is 43.0 Å². The van der Waals surface area contributed by atoms with E-state index in [0.717, 1.165) is 51.2 Å². The molecule has 0 amide bonds. The van der Waals surface area contributed by atoms with Gasteiger partial charge in [-0.25, -0.2) is 0 Å². The molecule has 4 aliphatic rings. The van der Waals surface area contributed by atoms with E-state index in [-0.39, 0.29) is 29.3 Å². The zero-order valence-electron chi connectivity index (χ0n) is 19.5. The van der Waals surface area contributed by atoms with Crippen LogP contribution >= 0.6 is 0 Å². The van der Waals surface area contributed by atoms with E-state index in [9.17, 15) is 9.90 Å². The Labute approximate surface area is 191 Å². The molecule has 1 aromatic rings. The van der Waals surface area contributed by atoms with E-state index >= 15 is 0 Å². The maximum atomic E-state index is 12.9. The van der Waals surface area contributed by atoms with Gasteiger partial charge in [0.15, 0.2) is 0 Å². The third kappa shape index (κ3) is 3.52. The van der Waals surface area contributed by atoms with Crippen molar-refractivity contribution in [2.75, 3.05) is 44.7 Å². The maximum Gasteiger partial charge on any atom is 0.311 e. The molecule has 3 fully saturated rings. The van der Waals surface area contributed by atoms with Gasteiger partial charge in [-0.1, -0.05) is 25.5 Å². The van der Waals surface area contributed by atoms with Crippen molar-refractivity contribution in [3.05, 3.63) is 35.9 Å². The zero-order chi connectivity index (χ0) is 22.5. The summed E-state index contributed by atoms with van der Waals surface area (Å²) >= 11 is 0. The smallest absolute Gasteiger partial charge is 0.311 e. The van der Waals surface area contributed by atoms with Crippen molar-refractivity contribution in [1.82, 2.24) is 4.90 Å². The lowest BCUT2D eigenvalue weighted by Crippen LogP contribution is -2.55. The Bertz CT molecular complexity index is 876. The summed E-state index contributed by atoms with van der Waals surface area (Å²) in [6.07, 6.45) is 4.54. The second-order valence-corrected chi connectivity index (χ2v) is 10.3. The first kappa shape index (κ1) is 21.8. The highest BCUT2D eigenvalue weighted by Crippen LogP contribution is 2.56. The molecule has 6 atom stereocenters. The van der Waals surface area contributed by atoms with Crippen LogP contribution in [0.5, 0.6) is 5.75 Å². The third-order valence-corrected chi connectivity index (χ3v) is 8.84. The molecule has 2 saturated heterocycles. The van der Waals surface area contributed by atoms with Crippen LogP contribution in [0, 0.1) is 23.2 Å². The molecule has 1 saturated carbocycles. The summed E-state index contributed by atoms with van der Waals surface area (Å²) in [6.45, 7) is 8.79. The summed E-state index contributed by atoms with van der Waals surface area (Å²) in [5.41, 5.74) is 2.26. The highest BCUT2D eigenvalue weighted by atomic mass is 16.6. The topological polar surface area (TPSA) is 62.2 Å². The van der Waals surface area contributed by atoms with E-state index < -0.39 is 6.10 Å². The summed E-state index contributed by atoms with van der Waals surface area (Å²) in [6, 6.07) is 8.19. The van der Waals surface area contributed by atoms with E-state index in [1.54, 1.807) is 7.11 Å². The molecule has 0 aromatic heterocycles. The summed E-state index contributed by atoms with van der Waals surface area (Å²) < 4.78 is 11.1. The van der Waals surface area contributed by atoms with E-state index in [1.165, 1.54) is 11.3 Å². The van der Waals surface area contributed by atoms with Gasteiger partial charge < -0.3 is 19.5 Å². The average molecular weight is 441 g/mol. The van der Waals surface area contributed by atoms with Crippen LogP contribution in [0.4, 0.5) is 5.69 Å². The number of ether oxygens (including phenoxy) is 2. The standard InChI is InChI=1S/C26H36N2O4/c1-17-5-4-6-18-15-22-23(24(29)26(17,18)2)21(25(30)32-22)16-27-11-13-28(14-12-27)19-7-9-20(31-3)10-8-19/h6-10,17,21-24,29H,4-5,11-16H2,1-3H3/t17-,21-,22-,23+,24-,26-/m1/s1. The van der Waals surface area contributed by atoms with E-state index in [2.05, 4.69) is 41.9 Å². The molecular formula is C26H36N2O4. The Morgan fingerprint density at radius 2 is 1.91 bits per heavy atom. The molecule has 174 valence electrons. The molecule has 6 nitrogen and oxygen atoms in total. The molecule has 1 N–H and O–H groups in total. The van der Waals surface area contributed by atoms with Crippen LogP contribution in [0.25, 0.3) is 0 Å². The Balaban J connectivity index is 1.25. The number of piperazine rings is 1. The van der Waals surface area contributed by atoms with Gasteiger partial charge in [-0.2, -0.15) is 0 Å². The third-order valence-electron chi connectivity index (χ3n) is 8.84. The Hall–Kier alpha value is -2.05. The van der Waals surface area contributed by atoms with Gasteiger partial charge in [0, 0.05) is 56.2 Å².